The minimum Gasteiger partial charge on any atom is -0.303 e. The van der Waals surface area contributed by atoms with Crippen LogP contribution < -0.4 is 0 Å². The Hall–Kier alpha value is -0.300. The number of halogens is 2. The van der Waals surface area contributed by atoms with Crippen molar-refractivity contribution in [2.45, 2.75) is 38.5 Å². The molecule has 0 saturated carbocycles. The van der Waals surface area contributed by atoms with Crippen LogP contribution in [0.5, 0.6) is 0 Å². The Morgan fingerprint density at radius 3 is 1.62 bits per heavy atom. The molecular weight excluding hydrogens is 632 g/mol. The van der Waals surface area contributed by atoms with E-state index in [2.05, 4.69) is 47.0 Å². The third-order valence-electron chi connectivity index (χ3n) is 7.97. The van der Waals surface area contributed by atoms with Gasteiger partial charge in [0.25, 0.3) is 5.91 Å². The highest BCUT2D eigenvalue weighted by molar-refractivity contribution is 15.0. The summed E-state index contributed by atoms with van der Waals surface area (Å²) in [4.78, 5) is 34.5. The molecule has 0 atom stereocenters. The van der Waals surface area contributed by atoms with E-state index in [4.69, 9.17) is 4.84 Å². The van der Waals surface area contributed by atoms with Crippen LogP contribution >= 0.6 is 37.2 Å². The number of benzene rings is 1. The van der Waals surface area contributed by atoms with E-state index >= 15 is 0 Å². The topological polar surface area (TPSA) is 53.1 Å². The Balaban J connectivity index is 0.000000169. The Morgan fingerprint density at radius 2 is 1.22 bits per heavy atom. The highest BCUT2D eigenvalue weighted by Crippen LogP contribution is 2.43. The number of ketones is 1. The second-order valence-corrected chi connectivity index (χ2v) is 9.42. The normalized spacial score (nSPS) is 32.1. The van der Waals surface area contributed by atoms with Crippen molar-refractivity contribution >= 4 is 48.9 Å². The number of piperidine rings is 6. The fraction of sp³-hybridized carbons (Fsp3) is 0.667. The number of hydrogen-bond acceptors (Lipinski definition) is 5. The number of hydrogen-bond donors (Lipinski definition) is 0. The molecule has 6 saturated heterocycles. The quantitative estimate of drug-likeness (QED) is 0.267. The van der Waals surface area contributed by atoms with Crippen LogP contribution in [-0.2, 0) is 9.63 Å². The largest absolute Gasteiger partial charge is 0.303 e. The molecule has 1 amide bonds. The van der Waals surface area contributed by atoms with Gasteiger partial charge in [-0.1, -0.05) is 30.3 Å². The van der Waals surface area contributed by atoms with Crippen molar-refractivity contribution in [2.24, 2.45) is 10.8 Å². The summed E-state index contributed by atoms with van der Waals surface area (Å²) in [5.41, 5.74) is 0.758. The molecule has 0 aromatic heterocycles. The van der Waals surface area contributed by atoms with Crippen molar-refractivity contribution in [3.05, 3.63) is 35.9 Å². The molecule has 32 heavy (non-hydrogen) atoms. The SMILES string of the molecule is CON(C)C(=O)C12CCN(CC1)CC2.II.O=C(c1ccccc1)C12CCN(CC1)CC2. The molecular formula is C24H35I2N3O3. The summed E-state index contributed by atoms with van der Waals surface area (Å²) >= 11 is 4.24. The average Bonchev–Trinajstić information content (AvgIpc) is 2.91. The maximum atomic E-state index is 12.6. The first kappa shape index (κ1) is 26.3. The average molecular weight is 667 g/mol. The number of nitrogens with zero attached hydrogens (tertiary/aromatic N) is 3. The highest BCUT2D eigenvalue weighted by Gasteiger charge is 2.47. The van der Waals surface area contributed by atoms with Crippen molar-refractivity contribution in [1.29, 1.82) is 0 Å². The maximum Gasteiger partial charge on any atom is 0.252 e. The summed E-state index contributed by atoms with van der Waals surface area (Å²) in [5.74, 6) is 0.548. The minimum absolute atomic E-state index is 0.0316. The summed E-state index contributed by atoms with van der Waals surface area (Å²) in [6.45, 7) is 6.55. The Morgan fingerprint density at radius 1 is 0.812 bits per heavy atom. The molecule has 1 aromatic carbocycles. The lowest BCUT2D eigenvalue weighted by Crippen LogP contribution is -2.55. The molecule has 1 aromatic rings. The fourth-order valence-electron chi connectivity index (χ4n) is 5.63. The third kappa shape index (κ3) is 5.67. The van der Waals surface area contributed by atoms with E-state index in [1.807, 2.05) is 30.3 Å². The van der Waals surface area contributed by atoms with Crippen molar-refractivity contribution < 1.29 is 14.4 Å². The van der Waals surface area contributed by atoms with Gasteiger partial charge >= 0.3 is 0 Å². The summed E-state index contributed by atoms with van der Waals surface area (Å²) in [7, 11) is 3.25. The molecule has 178 valence electrons. The van der Waals surface area contributed by atoms with Gasteiger partial charge in [0, 0.05) is 55.3 Å². The van der Waals surface area contributed by atoms with Crippen LogP contribution in [0.1, 0.15) is 48.9 Å². The van der Waals surface area contributed by atoms with Gasteiger partial charge in [-0.05, 0) is 77.8 Å². The monoisotopic (exact) mass is 667 g/mol. The van der Waals surface area contributed by atoms with Gasteiger partial charge in [-0.3, -0.25) is 14.4 Å². The smallest absolute Gasteiger partial charge is 0.252 e. The Labute approximate surface area is 215 Å². The van der Waals surface area contributed by atoms with E-state index in [0.717, 1.165) is 83.4 Å². The number of rotatable bonds is 4. The zero-order chi connectivity index (χ0) is 23.2. The number of hydroxylamine groups is 2. The van der Waals surface area contributed by atoms with Gasteiger partial charge in [0.1, 0.15) is 0 Å². The first-order valence-corrected chi connectivity index (χ1v) is 17.8. The number of Topliss-reactive ketones (excluding diaryl/α,β-unsaturated/α-hetero) is 1. The van der Waals surface area contributed by atoms with Crippen molar-refractivity contribution in [3.8, 4) is 0 Å². The van der Waals surface area contributed by atoms with Gasteiger partial charge in [-0.15, -0.1) is 0 Å². The van der Waals surface area contributed by atoms with E-state index in [0.29, 0.717) is 5.78 Å². The van der Waals surface area contributed by atoms with E-state index in [1.165, 1.54) is 5.06 Å². The maximum absolute atomic E-state index is 12.6. The van der Waals surface area contributed by atoms with E-state index in [-0.39, 0.29) is 16.7 Å². The lowest BCUT2D eigenvalue weighted by atomic mass is 9.67. The molecule has 7 rings (SSSR count). The molecule has 0 radical (unpaired) electrons. The predicted octanol–water partition coefficient (Wildman–Crippen LogP) is 4.62. The van der Waals surface area contributed by atoms with Gasteiger partial charge in [-0.25, -0.2) is 5.06 Å². The number of carbonyl (C=O) groups is 2. The predicted molar refractivity (Wildman–Crippen MR) is 144 cm³/mol. The summed E-state index contributed by atoms with van der Waals surface area (Å²) in [6, 6.07) is 9.80. The molecule has 8 heteroatoms. The number of amides is 1. The molecule has 6 aliphatic heterocycles. The van der Waals surface area contributed by atoms with Gasteiger partial charge < -0.3 is 9.80 Å². The Kier molecular flexibility index (Phi) is 9.78. The molecule has 6 nitrogen and oxygen atoms in total. The lowest BCUT2D eigenvalue weighted by molar-refractivity contribution is -0.187. The van der Waals surface area contributed by atoms with Gasteiger partial charge in [0.15, 0.2) is 5.78 Å². The van der Waals surface area contributed by atoms with Gasteiger partial charge in [0.05, 0.1) is 12.5 Å². The molecule has 0 N–H and O–H groups in total. The fourth-order valence-corrected chi connectivity index (χ4v) is 5.63. The molecule has 4 bridgehead atoms. The second kappa shape index (κ2) is 11.9. The van der Waals surface area contributed by atoms with Gasteiger partial charge in [0.2, 0.25) is 0 Å². The third-order valence-corrected chi connectivity index (χ3v) is 7.97. The standard InChI is InChI=1S/C14H17NO.C10H18N2O2.I2/c16-13(12-4-2-1-3-5-12)14-6-9-15(10-7-14)11-8-14;1-11(14-2)9(13)10-3-6-12(7-4-10)8-5-10;1-2/h1-5H,6-11H2;3-8H2,1-2H3;. The lowest BCUT2D eigenvalue weighted by Gasteiger charge is -2.47. The minimum atomic E-state index is -0.112. The molecule has 6 fully saturated rings. The molecule has 0 spiro atoms. The summed E-state index contributed by atoms with van der Waals surface area (Å²) in [5, 5.41) is 1.39. The van der Waals surface area contributed by atoms with Crippen molar-refractivity contribution in [2.75, 3.05) is 53.4 Å². The van der Waals surface area contributed by atoms with Crippen molar-refractivity contribution in [3.63, 3.8) is 0 Å². The molecule has 0 unspecified atom stereocenters. The van der Waals surface area contributed by atoms with Crippen LogP contribution in [0.4, 0.5) is 0 Å². The first-order valence-electron chi connectivity index (χ1n) is 11.5. The first-order chi connectivity index (χ1) is 15.5. The summed E-state index contributed by atoms with van der Waals surface area (Å²) in [6.07, 6.45) is 6.17. The van der Waals surface area contributed by atoms with Gasteiger partial charge in [-0.2, -0.15) is 0 Å². The van der Waals surface area contributed by atoms with Crippen LogP contribution in [-0.4, -0.2) is 80.0 Å². The van der Waals surface area contributed by atoms with Crippen LogP contribution in [0.25, 0.3) is 0 Å². The highest BCUT2D eigenvalue weighted by atomic mass is 128. The zero-order valence-electron chi connectivity index (χ0n) is 19.2. The number of carbonyl (C=O) groups excluding carboxylic acids is 2. The van der Waals surface area contributed by atoms with E-state index in [1.54, 1.807) is 14.2 Å². The molecule has 0 aliphatic carbocycles. The van der Waals surface area contributed by atoms with Crippen LogP contribution in [0.2, 0.25) is 0 Å². The van der Waals surface area contributed by atoms with Crippen LogP contribution in [0.3, 0.4) is 0 Å². The molecule has 6 heterocycles. The zero-order valence-corrected chi connectivity index (χ0v) is 23.5. The van der Waals surface area contributed by atoms with E-state index in [9.17, 15) is 9.59 Å². The molecule has 6 aliphatic rings. The Bertz CT molecular complexity index is 733. The summed E-state index contributed by atoms with van der Waals surface area (Å²) < 4.78 is 0. The second-order valence-electron chi connectivity index (χ2n) is 9.42. The number of fused-ring (bicyclic) bond motifs is 6. The van der Waals surface area contributed by atoms with E-state index < -0.39 is 0 Å². The van der Waals surface area contributed by atoms with Crippen LogP contribution in [0.15, 0.2) is 30.3 Å². The van der Waals surface area contributed by atoms with Crippen LogP contribution in [0, 0.1) is 10.8 Å². The van der Waals surface area contributed by atoms with Crippen molar-refractivity contribution in [1.82, 2.24) is 14.9 Å².